The first-order chi connectivity index (χ1) is 8.49. The average Bonchev–Trinajstić information content (AvgIpc) is 2.30. The number of pyridine rings is 1. The van der Waals surface area contributed by atoms with Crippen LogP contribution in [0.3, 0.4) is 0 Å². The maximum absolute atomic E-state index is 11.8. The van der Waals surface area contributed by atoms with Gasteiger partial charge in [-0.25, -0.2) is 4.79 Å². The maximum atomic E-state index is 11.8. The van der Waals surface area contributed by atoms with Crippen LogP contribution in [0.5, 0.6) is 0 Å². The number of hydrogen-bond acceptors (Lipinski definition) is 2. The number of rotatable bonds is 2. The molecule has 0 aliphatic rings. The second-order valence-corrected chi connectivity index (χ2v) is 4.29. The van der Waals surface area contributed by atoms with Gasteiger partial charge in [-0.3, -0.25) is 4.79 Å². The van der Waals surface area contributed by atoms with E-state index in [1.807, 2.05) is 0 Å². The fourth-order valence-corrected chi connectivity index (χ4v) is 1.97. The lowest BCUT2D eigenvalue weighted by Crippen LogP contribution is -2.11. The number of carbonyl (C=O) groups is 1. The summed E-state index contributed by atoms with van der Waals surface area (Å²) in [7, 11) is 0. The van der Waals surface area contributed by atoms with Crippen molar-refractivity contribution in [2.24, 2.45) is 0 Å². The van der Waals surface area contributed by atoms with Crippen molar-refractivity contribution >= 4 is 34.5 Å². The number of benzene rings is 1. The molecule has 1 heterocycles. The SMILES string of the molecule is Cc1c(/C=C/C(=O)O)c(=O)[nH]c2ccc(Cl)cc12. The summed E-state index contributed by atoms with van der Waals surface area (Å²) in [5.41, 5.74) is 1.38. The number of carboxylic acids is 1. The molecule has 0 saturated heterocycles. The number of carboxylic acid groups (broad SMARTS) is 1. The number of aryl methyl sites for hydroxylation is 1. The Morgan fingerprint density at radius 3 is 2.83 bits per heavy atom. The van der Waals surface area contributed by atoms with Crippen molar-refractivity contribution in [1.82, 2.24) is 4.98 Å². The molecule has 2 aromatic rings. The Morgan fingerprint density at radius 1 is 1.44 bits per heavy atom. The highest BCUT2D eigenvalue weighted by molar-refractivity contribution is 6.31. The number of aliphatic carboxylic acids is 1. The van der Waals surface area contributed by atoms with E-state index in [2.05, 4.69) is 4.98 Å². The number of fused-ring (bicyclic) bond motifs is 1. The van der Waals surface area contributed by atoms with E-state index in [4.69, 9.17) is 16.7 Å². The van der Waals surface area contributed by atoms with Crippen LogP contribution in [0.25, 0.3) is 17.0 Å². The fourth-order valence-electron chi connectivity index (χ4n) is 1.80. The first-order valence-corrected chi connectivity index (χ1v) is 5.60. The molecule has 5 heteroatoms. The molecule has 4 nitrogen and oxygen atoms in total. The number of H-pyrrole nitrogens is 1. The Bertz CT molecular complexity index is 716. The first-order valence-electron chi connectivity index (χ1n) is 5.22. The summed E-state index contributed by atoms with van der Waals surface area (Å²) in [6.07, 6.45) is 2.23. The molecule has 0 bridgehead atoms. The molecular weight excluding hydrogens is 254 g/mol. The molecule has 0 amide bonds. The van der Waals surface area contributed by atoms with Crippen LogP contribution in [0, 0.1) is 6.92 Å². The van der Waals surface area contributed by atoms with Gasteiger partial charge in [-0.1, -0.05) is 11.6 Å². The van der Waals surface area contributed by atoms with Gasteiger partial charge in [0, 0.05) is 27.6 Å². The molecular formula is C13H10ClNO3. The summed E-state index contributed by atoms with van der Waals surface area (Å²) in [6, 6.07) is 5.14. The molecule has 2 N–H and O–H groups in total. The number of aromatic amines is 1. The molecule has 92 valence electrons. The van der Waals surface area contributed by atoms with E-state index in [1.165, 1.54) is 6.08 Å². The molecule has 0 spiro atoms. The van der Waals surface area contributed by atoms with E-state index in [-0.39, 0.29) is 5.56 Å². The van der Waals surface area contributed by atoms with Gasteiger partial charge in [0.1, 0.15) is 0 Å². The van der Waals surface area contributed by atoms with E-state index >= 15 is 0 Å². The minimum atomic E-state index is -1.10. The average molecular weight is 264 g/mol. The zero-order valence-electron chi connectivity index (χ0n) is 9.53. The van der Waals surface area contributed by atoms with Crippen molar-refractivity contribution < 1.29 is 9.90 Å². The summed E-state index contributed by atoms with van der Waals surface area (Å²) in [5.74, 6) is -1.10. The Labute approximate surface area is 108 Å². The lowest BCUT2D eigenvalue weighted by Gasteiger charge is -2.05. The van der Waals surface area contributed by atoms with Crippen molar-refractivity contribution in [3.05, 3.63) is 50.8 Å². The quantitative estimate of drug-likeness (QED) is 0.818. The summed E-state index contributed by atoms with van der Waals surface area (Å²) in [5, 5.41) is 9.95. The van der Waals surface area contributed by atoms with Crippen molar-refractivity contribution in [1.29, 1.82) is 0 Å². The second-order valence-electron chi connectivity index (χ2n) is 3.85. The van der Waals surface area contributed by atoms with Crippen LogP contribution in [0.15, 0.2) is 29.1 Å². The molecule has 0 atom stereocenters. The van der Waals surface area contributed by atoms with Crippen molar-refractivity contribution in [2.75, 3.05) is 0 Å². The van der Waals surface area contributed by atoms with Gasteiger partial charge in [0.25, 0.3) is 5.56 Å². The largest absolute Gasteiger partial charge is 0.478 e. The van der Waals surface area contributed by atoms with Crippen LogP contribution >= 0.6 is 11.6 Å². The van der Waals surface area contributed by atoms with Gasteiger partial charge in [-0.2, -0.15) is 0 Å². The highest BCUT2D eigenvalue weighted by Gasteiger charge is 2.07. The highest BCUT2D eigenvalue weighted by Crippen LogP contribution is 2.22. The number of hydrogen-bond donors (Lipinski definition) is 2. The molecule has 0 radical (unpaired) electrons. The van der Waals surface area contributed by atoms with Gasteiger partial charge < -0.3 is 10.1 Å². The van der Waals surface area contributed by atoms with Crippen LogP contribution in [0.1, 0.15) is 11.1 Å². The third-order valence-electron chi connectivity index (χ3n) is 2.68. The lowest BCUT2D eigenvalue weighted by atomic mass is 10.0. The predicted octanol–water partition coefficient (Wildman–Crippen LogP) is 2.59. The van der Waals surface area contributed by atoms with E-state index < -0.39 is 5.97 Å². The smallest absolute Gasteiger partial charge is 0.328 e. The maximum Gasteiger partial charge on any atom is 0.328 e. The standard InChI is InChI=1S/C13H10ClNO3/c1-7-9(3-5-12(16)17)13(18)15-11-4-2-8(14)6-10(7)11/h2-6H,1H3,(H,15,18)(H,16,17)/b5-3+. The zero-order valence-corrected chi connectivity index (χ0v) is 10.3. The third kappa shape index (κ3) is 2.28. The molecule has 0 unspecified atom stereocenters. The Balaban J connectivity index is 2.75. The molecule has 0 fully saturated rings. The monoisotopic (exact) mass is 263 g/mol. The van der Waals surface area contributed by atoms with Gasteiger partial charge in [-0.05, 0) is 36.8 Å². The van der Waals surface area contributed by atoms with E-state index in [0.717, 1.165) is 11.5 Å². The number of halogens is 1. The molecule has 0 aliphatic carbocycles. The van der Waals surface area contributed by atoms with Crippen LogP contribution in [-0.2, 0) is 4.79 Å². The van der Waals surface area contributed by atoms with Crippen molar-refractivity contribution in [2.45, 2.75) is 6.92 Å². The van der Waals surface area contributed by atoms with Crippen LogP contribution in [0.4, 0.5) is 0 Å². The Kier molecular flexibility index (Phi) is 3.21. The first kappa shape index (κ1) is 12.4. The molecule has 2 rings (SSSR count). The van der Waals surface area contributed by atoms with Gasteiger partial charge in [0.05, 0.1) is 0 Å². The Hall–Kier alpha value is -2.07. The molecule has 1 aromatic carbocycles. The number of nitrogens with one attached hydrogen (secondary N) is 1. The molecule has 0 aliphatic heterocycles. The summed E-state index contributed by atoms with van der Waals surface area (Å²) >= 11 is 5.91. The summed E-state index contributed by atoms with van der Waals surface area (Å²) < 4.78 is 0. The van der Waals surface area contributed by atoms with Crippen molar-refractivity contribution in [3.8, 4) is 0 Å². The van der Waals surface area contributed by atoms with Crippen LogP contribution in [-0.4, -0.2) is 16.1 Å². The van der Waals surface area contributed by atoms with E-state index in [0.29, 0.717) is 21.7 Å². The van der Waals surface area contributed by atoms with Gasteiger partial charge in [-0.15, -0.1) is 0 Å². The zero-order chi connectivity index (χ0) is 13.3. The van der Waals surface area contributed by atoms with E-state index in [1.54, 1.807) is 25.1 Å². The topological polar surface area (TPSA) is 70.2 Å². The van der Waals surface area contributed by atoms with E-state index in [9.17, 15) is 9.59 Å². The Morgan fingerprint density at radius 2 is 2.17 bits per heavy atom. The minimum Gasteiger partial charge on any atom is -0.478 e. The lowest BCUT2D eigenvalue weighted by molar-refractivity contribution is -0.131. The molecule has 18 heavy (non-hydrogen) atoms. The summed E-state index contributed by atoms with van der Waals surface area (Å²) in [4.78, 5) is 25.0. The second kappa shape index (κ2) is 4.66. The van der Waals surface area contributed by atoms with Crippen LogP contribution in [0.2, 0.25) is 5.02 Å². The number of aromatic nitrogens is 1. The van der Waals surface area contributed by atoms with Crippen molar-refractivity contribution in [3.63, 3.8) is 0 Å². The van der Waals surface area contributed by atoms with Gasteiger partial charge >= 0.3 is 5.97 Å². The normalized spacial score (nSPS) is 11.2. The molecule has 0 saturated carbocycles. The molecule has 1 aromatic heterocycles. The highest BCUT2D eigenvalue weighted by atomic mass is 35.5. The summed E-state index contributed by atoms with van der Waals surface area (Å²) in [6.45, 7) is 1.76. The van der Waals surface area contributed by atoms with Gasteiger partial charge in [0.15, 0.2) is 0 Å². The van der Waals surface area contributed by atoms with Gasteiger partial charge in [0.2, 0.25) is 0 Å². The van der Waals surface area contributed by atoms with Crippen LogP contribution < -0.4 is 5.56 Å². The predicted molar refractivity (Wildman–Crippen MR) is 71.0 cm³/mol. The third-order valence-corrected chi connectivity index (χ3v) is 2.91. The minimum absolute atomic E-state index is 0.320. The fraction of sp³-hybridized carbons (Fsp3) is 0.0769.